The average molecular weight is 454 g/mol. The molecule has 1 aromatic carbocycles. The minimum atomic E-state index is 0. The van der Waals surface area contributed by atoms with E-state index < -0.39 is 0 Å². The predicted octanol–water partition coefficient (Wildman–Crippen LogP) is 3.22. The molecule has 25 heavy (non-hydrogen) atoms. The first-order chi connectivity index (χ1) is 11.7. The maximum Gasteiger partial charge on any atom is 0.192 e. The normalized spacial score (nSPS) is 16.0. The zero-order valence-electron chi connectivity index (χ0n) is 15.4. The summed E-state index contributed by atoms with van der Waals surface area (Å²) < 4.78 is 0. The van der Waals surface area contributed by atoms with Crippen molar-refractivity contribution >= 4 is 29.9 Å². The van der Waals surface area contributed by atoms with Crippen LogP contribution in [0, 0.1) is 18.3 Å². The summed E-state index contributed by atoms with van der Waals surface area (Å²) in [5.74, 6) is 4.23. The van der Waals surface area contributed by atoms with Crippen LogP contribution in [0.15, 0.2) is 29.3 Å². The van der Waals surface area contributed by atoms with Gasteiger partial charge in [-0.1, -0.05) is 37.1 Å². The van der Waals surface area contributed by atoms with Crippen molar-refractivity contribution in [1.29, 1.82) is 0 Å². The quantitative estimate of drug-likeness (QED) is 0.300. The van der Waals surface area contributed by atoms with Gasteiger partial charge < -0.3 is 10.6 Å². The lowest BCUT2D eigenvalue weighted by Crippen LogP contribution is -2.37. The summed E-state index contributed by atoms with van der Waals surface area (Å²) in [6, 6.07) is 8.62. The highest BCUT2D eigenvalue weighted by Gasteiger charge is 2.16. The van der Waals surface area contributed by atoms with E-state index in [4.69, 9.17) is 6.42 Å². The second-order valence-corrected chi connectivity index (χ2v) is 6.48. The van der Waals surface area contributed by atoms with Crippen molar-refractivity contribution in [3.8, 4) is 12.3 Å². The van der Waals surface area contributed by atoms with E-state index in [1.165, 1.54) is 37.1 Å². The van der Waals surface area contributed by atoms with Crippen LogP contribution in [0.3, 0.4) is 0 Å². The largest absolute Gasteiger partial charge is 0.357 e. The lowest BCUT2D eigenvalue weighted by Gasteiger charge is -2.30. The molecule has 2 N–H and O–H groups in total. The van der Waals surface area contributed by atoms with Gasteiger partial charge in [0, 0.05) is 13.1 Å². The molecule has 0 aliphatic carbocycles. The first-order valence-corrected chi connectivity index (χ1v) is 8.97. The highest BCUT2D eigenvalue weighted by Crippen LogP contribution is 2.20. The number of nitrogens with zero attached hydrogens (tertiary/aromatic N) is 2. The third-order valence-electron chi connectivity index (χ3n) is 4.50. The fourth-order valence-corrected chi connectivity index (χ4v) is 2.97. The van der Waals surface area contributed by atoms with E-state index >= 15 is 0 Å². The molecular formula is C20H31IN4. The molecular weight excluding hydrogens is 423 g/mol. The van der Waals surface area contributed by atoms with Crippen molar-refractivity contribution in [1.82, 2.24) is 15.5 Å². The van der Waals surface area contributed by atoms with Crippen LogP contribution in [-0.2, 0) is 13.1 Å². The summed E-state index contributed by atoms with van der Waals surface area (Å²) in [5.41, 5.74) is 2.66. The summed E-state index contributed by atoms with van der Waals surface area (Å²) in [7, 11) is 0. The summed E-state index contributed by atoms with van der Waals surface area (Å²) in [6.45, 7) is 9.80. The summed E-state index contributed by atoms with van der Waals surface area (Å²) in [4.78, 5) is 7.23. The van der Waals surface area contributed by atoms with Crippen LogP contribution in [0.2, 0.25) is 0 Å². The Balaban J connectivity index is 0.00000312. The number of halogens is 1. The van der Waals surface area contributed by atoms with Crippen molar-refractivity contribution in [3.63, 3.8) is 0 Å². The molecule has 0 radical (unpaired) electrons. The number of hydrogen-bond donors (Lipinski definition) is 2. The van der Waals surface area contributed by atoms with Crippen LogP contribution in [-0.4, -0.2) is 37.0 Å². The molecule has 5 heteroatoms. The summed E-state index contributed by atoms with van der Waals surface area (Å²) in [6.07, 6.45) is 7.93. The Morgan fingerprint density at radius 1 is 1.24 bits per heavy atom. The molecule has 1 aliphatic rings. The molecule has 0 atom stereocenters. The van der Waals surface area contributed by atoms with E-state index in [1.807, 2.05) is 0 Å². The van der Waals surface area contributed by atoms with Gasteiger partial charge in [0.05, 0.1) is 13.1 Å². The molecule has 1 aliphatic heterocycles. The van der Waals surface area contributed by atoms with Gasteiger partial charge in [-0.3, -0.25) is 4.90 Å². The average Bonchev–Trinajstić information content (AvgIpc) is 2.60. The van der Waals surface area contributed by atoms with E-state index in [1.54, 1.807) is 0 Å². The Bertz CT molecular complexity index is 571. The third kappa shape index (κ3) is 7.66. The number of aliphatic imine (C=N–C) groups is 1. The molecule has 0 spiro atoms. The summed E-state index contributed by atoms with van der Waals surface area (Å²) in [5, 5.41) is 6.36. The SMILES string of the molecule is C#CCNC(=NCc1ccccc1CN1CCC(C)CC1)NCC.I. The fraction of sp³-hybridized carbons (Fsp3) is 0.550. The van der Waals surface area contributed by atoms with Crippen LogP contribution < -0.4 is 10.6 Å². The number of nitrogens with one attached hydrogen (secondary N) is 2. The van der Waals surface area contributed by atoms with Crippen molar-refractivity contribution < 1.29 is 0 Å². The third-order valence-corrected chi connectivity index (χ3v) is 4.50. The van der Waals surface area contributed by atoms with Crippen molar-refractivity contribution in [2.45, 2.75) is 39.8 Å². The van der Waals surface area contributed by atoms with Crippen LogP contribution in [0.25, 0.3) is 0 Å². The molecule has 1 saturated heterocycles. The molecule has 2 rings (SSSR count). The number of hydrogen-bond acceptors (Lipinski definition) is 2. The van der Waals surface area contributed by atoms with Crippen molar-refractivity contribution in [2.75, 3.05) is 26.2 Å². The lowest BCUT2D eigenvalue weighted by atomic mass is 9.98. The molecule has 1 fully saturated rings. The Morgan fingerprint density at radius 3 is 2.56 bits per heavy atom. The van der Waals surface area contributed by atoms with Gasteiger partial charge in [0.15, 0.2) is 5.96 Å². The maximum atomic E-state index is 5.32. The molecule has 1 heterocycles. The van der Waals surface area contributed by atoms with Gasteiger partial charge in [0.1, 0.15) is 0 Å². The Labute approximate surface area is 169 Å². The fourth-order valence-electron chi connectivity index (χ4n) is 2.97. The van der Waals surface area contributed by atoms with E-state index in [2.05, 4.69) is 64.6 Å². The maximum absolute atomic E-state index is 5.32. The Kier molecular flexibility index (Phi) is 10.6. The summed E-state index contributed by atoms with van der Waals surface area (Å²) >= 11 is 0. The van der Waals surface area contributed by atoms with E-state index in [0.29, 0.717) is 13.1 Å². The number of terminal acetylenes is 1. The number of rotatable bonds is 6. The van der Waals surface area contributed by atoms with Crippen LogP contribution in [0.5, 0.6) is 0 Å². The molecule has 0 aromatic heterocycles. The van der Waals surface area contributed by atoms with Gasteiger partial charge in [-0.25, -0.2) is 4.99 Å². The molecule has 0 bridgehead atoms. The lowest BCUT2D eigenvalue weighted by molar-refractivity contribution is 0.185. The topological polar surface area (TPSA) is 39.7 Å². The van der Waals surface area contributed by atoms with E-state index in [0.717, 1.165) is 25.0 Å². The van der Waals surface area contributed by atoms with Crippen LogP contribution >= 0.6 is 24.0 Å². The highest BCUT2D eigenvalue weighted by molar-refractivity contribution is 14.0. The van der Waals surface area contributed by atoms with Crippen LogP contribution in [0.1, 0.15) is 37.8 Å². The number of likely N-dealkylation sites (tertiary alicyclic amines) is 1. The van der Waals surface area contributed by atoms with Gasteiger partial charge in [-0.05, 0) is 49.9 Å². The first kappa shape index (κ1) is 21.8. The second kappa shape index (κ2) is 12.2. The van der Waals surface area contributed by atoms with Gasteiger partial charge >= 0.3 is 0 Å². The minimum absolute atomic E-state index is 0. The molecule has 1 aromatic rings. The first-order valence-electron chi connectivity index (χ1n) is 8.97. The monoisotopic (exact) mass is 454 g/mol. The number of guanidine groups is 1. The predicted molar refractivity (Wildman–Crippen MR) is 117 cm³/mol. The highest BCUT2D eigenvalue weighted by atomic mass is 127. The molecule has 0 unspecified atom stereocenters. The Morgan fingerprint density at radius 2 is 1.92 bits per heavy atom. The molecule has 0 saturated carbocycles. The molecule has 138 valence electrons. The minimum Gasteiger partial charge on any atom is -0.357 e. The van der Waals surface area contributed by atoms with E-state index in [-0.39, 0.29) is 24.0 Å². The molecule has 0 amide bonds. The van der Waals surface area contributed by atoms with Gasteiger partial charge in [-0.2, -0.15) is 0 Å². The van der Waals surface area contributed by atoms with Gasteiger partial charge in [0.25, 0.3) is 0 Å². The standard InChI is InChI=1S/C20H30N4.HI/c1-4-12-22-20(21-5-2)23-15-18-8-6-7-9-19(18)16-24-13-10-17(3)11-14-24;/h1,6-9,17H,5,10-16H2,2-3H3,(H2,21,22,23);1H. The van der Waals surface area contributed by atoms with Crippen LogP contribution in [0.4, 0.5) is 0 Å². The van der Waals surface area contributed by atoms with Gasteiger partial charge in [-0.15, -0.1) is 30.4 Å². The second-order valence-electron chi connectivity index (χ2n) is 6.48. The zero-order valence-corrected chi connectivity index (χ0v) is 17.8. The van der Waals surface area contributed by atoms with Crippen molar-refractivity contribution in [2.24, 2.45) is 10.9 Å². The smallest absolute Gasteiger partial charge is 0.192 e. The zero-order chi connectivity index (χ0) is 17.2. The molecule has 4 nitrogen and oxygen atoms in total. The van der Waals surface area contributed by atoms with Crippen molar-refractivity contribution in [3.05, 3.63) is 35.4 Å². The van der Waals surface area contributed by atoms with E-state index in [9.17, 15) is 0 Å². The number of benzene rings is 1. The Hall–Kier alpha value is -1.26. The van der Waals surface area contributed by atoms with Gasteiger partial charge in [0.2, 0.25) is 0 Å². The number of piperidine rings is 1.